The number of carbonyl (C=O) groups is 2. The fourth-order valence-corrected chi connectivity index (χ4v) is 5.42. The minimum absolute atomic E-state index is 0.130. The third kappa shape index (κ3) is 38.6. The van der Waals surface area contributed by atoms with Crippen molar-refractivity contribution in [2.24, 2.45) is 0 Å². The van der Waals surface area contributed by atoms with Gasteiger partial charge in [-0.05, 0) is 77.0 Å². The van der Waals surface area contributed by atoms with Gasteiger partial charge in [0.25, 0.3) is 0 Å². The summed E-state index contributed by atoms with van der Waals surface area (Å²) >= 11 is 0. The second-order valence-electron chi connectivity index (χ2n) is 12.9. The van der Waals surface area contributed by atoms with Gasteiger partial charge in [0.1, 0.15) is 6.61 Å². The van der Waals surface area contributed by atoms with Gasteiger partial charge in [0.15, 0.2) is 6.10 Å². The summed E-state index contributed by atoms with van der Waals surface area (Å²) in [6, 6.07) is 0. The monoisotopic (exact) mass is 722 g/mol. The first kappa shape index (κ1) is 47.8. The Morgan fingerprint density at radius 1 is 0.520 bits per heavy atom. The van der Waals surface area contributed by atoms with E-state index in [1.54, 1.807) is 0 Å². The molecule has 0 fully saturated rings. The van der Waals surface area contributed by atoms with Crippen molar-refractivity contribution in [2.45, 2.75) is 174 Å². The van der Waals surface area contributed by atoms with E-state index in [0.29, 0.717) is 19.3 Å². The molecule has 0 aromatic carbocycles. The maximum absolute atomic E-state index is 12.3. The summed E-state index contributed by atoms with van der Waals surface area (Å²) in [5.41, 5.74) is 0. The van der Waals surface area contributed by atoms with Crippen LogP contribution in [0.4, 0.5) is 0 Å². The number of unbranched alkanes of at least 4 members (excludes halogenated alkanes) is 15. The highest BCUT2D eigenvalue weighted by atomic mass is 31.2. The normalized spacial score (nSPS) is 13.1. The first-order chi connectivity index (χ1) is 24.3. The van der Waals surface area contributed by atoms with Gasteiger partial charge in [-0.2, -0.15) is 0 Å². The van der Waals surface area contributed by atoms with Gasteiger partial charge in [0, 0.05) is 12.8 Å². The predicted molar refractivity (Wildman–Crippen MR) is 207 cm³/mol. The zero-order chi connectivity index (χ0) is 36.8. The molecule has 0 saturated heterocycles. The number of allylic oxidation sites excluding steroid dienone is 10. The molecule has 2 N–H and O–H groups in total. The average Bonchev–Trinajstić information content (AvgIpc) is 3.08. The summed E-state index contributed by atoms with van der Waals surface area (Å²) in [5, 5.41) is 0. The maximum atomic E-state index is 12.3. The fraction of sp³-hybridized carbons (Fsp3) is 0.707. The second kappa shape index (κ2) is 36.5. The van der Waals surface area contributed by atoms with Gasteiger partial charge in [-0.1, -0.05) is 139 Å². The number of phosphoric ester groups is 1. The molecular weight excluding hydrogens is 651 g/mol. The summed E-state index contributed by atoms with van der Waals surface area (Å²) in [5.74, 6) is -0.980. The first-order valence-electron chi connectivity index (χ1n) is 19.6. The van der Waals surface area contributed by atoms with Crippen molar-refractivity contribution in [3.8, 4) is 0 Å². The molecule has 0 amide bonds. The standard InChI is InChI=1S/C41H71O8P/c1-3-5-7-9-11-13-15-17-19-20-22-24-26-28-30-32-34-36-41(43)49-39(38-48-50(44,45)46)37-47-40(42)35-33-31-29-27-25-23-21-18-16-14-12-10-8-6-4-2/h11,13,17,19,22,24-25,27-28,30,39H,3-10,12,14-16,18,20-21,23,26,29,31-38H2,1-2H3,(H2,44,45,46)/b13-11+,19-17+,24-22+,27-25+,30-28+/t39-/m1/s1. The third-order valence-corrected chi connectivity index (χ3v) is 8.49. The molecule has 0 unspecified atom stereocenters. The van der Waals surface area contributed by atoms with E-state index >= 15 is 0 Å². The Morgan fingerprint density at radius 3 is 1.46 bits per heavy atom. The van der Waals surface area contributed by atoms with Gasteiger partial charge < -0.3 is 19.3 Å². The second-order valence-corrected chi connectivity index (χ2v) is 14.1. The van der Waals surface area contributed by atoms with Gasteiger partial charge in [0.05, 0.1) is 6.61 Å². The van der Waals surface area contributed by atoms with E-state index in [-0.39, 0.29) is 19.4 Å². The summed E-state index contributed by atoms with van der Waals surface area (Å²) in [7, 11) is -4.77. The van der Waals surface area contributed by atoms with Crippen molar-refractivity contribution in [3.05, 3.63) is 60.8 Å². The van der Waals surface area contributed by atoms with Gasteiger partial charge in [-0.15, -0.1) is 0 Å². The highest BCUT2D eigenvalue weighted by Gasteiger charge is 2.22. The Bertz CT molecular complexity index is 995. The van der Waals surface area contributed by atoms with Crippen LogP contribution in [0.5, 0.6) is 0 Å². The molecule has 0 aliphatic heterocycles. The van der Waals surface area contributed by atoms with Crippen molar-refractivity contribution in [3.63, 3.8) is 0 Å². The number of rotatable bonds is 35. The predicted octanol–water partition coefficient (Wildman–Crippen LogP) is 11.7. The van der Waals surface area contributed by atoms with Crippen LogP contribution in [0.3, 0.4) is 0 Å². The minimum Gasteiger partial charge on any atom is -0.462 e. The molecule has 0 bridgehead atoms. The lowest BCUT2D eigenvalue weighted by Crippen LogP contribution is -2.29. The van der Waals surface area contributed by atoms with E-state index in [1.165, 1.54) is 83.5 Å². The van der Waals surface area contributed by atoms with E-state index in [1.807, 2.05) is 6.08 Å². The van der Waals surface area contributed by atoms with Crippen LogP contribution in [0.25, 0.3) is 0 Å². The number of carbonyl (C=O) groups excluding carboxylic acids is 2. The Balaban J connectivity index is 4.10. The highest BCUT2D eigenvalue weighted by molar-refractivity contribution is 7.46. The lowest BCUT2D eigenvalue weighted by atomic mass is 10.1. The largest absolute Gasteiger partial charge is 0.469 e. The molecule has 0 heterocycles. The molecule has 0 rings (SSSR count). The summed E-state index contributed by atoms with van der Waals surface area (Å²) in [4.78, 5) is 42.7. The zero-order valence-electron chi connectivity index (χ0n) is 31.5. The Kier molecular flexibility index (Phi) is 34.9. The van der Waals surface area contributed by atoms with Crippen LogP contribution >= 0.6 is 7.82 Å². The summed E-state index contributed by atoms with van der Waals surface area (Å²) < 4.78 is 26.2. The van der Waals surface area contributed by atoms with Gasteiger partial charge >= 0.3 is 19.8 Å². The maximum Gasteiger partial charge on any atom is 0.469 e. The minimum atomic E-state index is -4.77. The molecule has 0 radical (unpaired) electrons. The van der Waals surface area contributed by atoms with Gasteiger partial charge in [-0.3, -0.25) is 14.1 Å². The fourth-order valence-electron chi connectivity index (χ4n) is 5.06. The molecule has 0 aliphatic carbocycles. The molecule has 0 saturated carbocycles. The van der Waals surface area contributed by atoms with Crippen molar-refractivity contribution in [2.75, 3.05) is 13.2 Å². The quantitative estimate of drug-likeness (QED) is 0.0287. The lowest BCUT2D eigenvalue weighted by Gasteiger charge is -2.18. The zero-order valence-corrected chi connectivity index (χ0v) is 32.4. The summed E-state index contributed by atoms with van der Waals surface area (Å²) in [6.45, 7) is 3.58. The molecule has 0 aromatic heterocycles. The molecular formula is C41H71O8P. The molecule has 0 spiro atoms. The van der Waals surface area contributed by atoms with E-state index in [9.17, 15) is 14.2 Å². The number of hydrogen-bond acceptors (Lipinski definition) is 6. The number of phosphoric acid groups is 1. The first-order valence-corrected chi connectivity index (χ1v) is 21.1. The Hall–Kier alpha value is -2.25. The highest BCUT2D eigenvalue weighted by Crippen LogP contribution is 2.36. The van der Waals surface area contributed by atoms with Crippen LogP contribution in [0, 0.1) is 0 Å². The topological polar surface area (TPSA) is 119 Å². The lowest BCUT2D eigenvalue weighted by molar-refractivity contribution is -0.161. The van der Waals surface area contributed by atoms with Crippen LogP contribution in [0.1, 0.15) is 168 Å². The van der Waals surface area contributed by atoms with Crippen LogP contribution in [0.2, 0.25) is 0 Å². The molecule has 288 valence electrons. The molecule has 0 aromatic rings. The number of hydrogen-bond donors (Lipinski definition) is 2. The van der Waals surface area contributed by atoms with E-state index in [0.717, 1.165) is 38.5 Å². The van der Waals surface area contributed by atoms with Crippen molar-refractivity contribution in [1.82, 2.24) is 0 Å². The Labute approximate surface area is 305 Å². The van der Waals surface area contributed by atoms with E-state index in [2.05, 4.69) is 73.1 Å². The number of esters is 2. The van der Waals surface area contributed by atoms with Gasteiger partial charge in [0.2, 0.25) is 0 Å². The number of ether oxygens (including phenoxy) is 2. The van der Waals surface area contributed by atoms with Crippen LogP contribution in [0.15, 0.2) is 60.8 Å². The van der Waals surface area contributed by atoms with Crippen molar-refractivity contribution >= 4 is 19.8 Å². The van der Waals surface area contributed by atoms with Crippen LogP contribution in [-0.2, 0) is 28.2 Å². The molecule has 8 nitrogen and oxygen atoms in total. The van der Waals surface area contributed by atoms with E-state index < -0.39 is 32.5 Å². The average molecular weight is 723 g/mol. The molecule has 9 heteroatoms. The third-order valence-electron chi connectivity index (χ3n) is 8.01. The molecule has 1 atom stereocenters. The SMILES string of the molecule is CCCCC/C=C/C/C=C/C/C=C/C/C=C/CCCC(=O)O[C@H](COC(=O)CCCC/C=C/CCCCCCCCCCC)COP(=O)(O)O. The van der Waals surface area contributed by atoms with Gasteiger partial charge in [-0.25, -0.2) is 4.57 Å². The van der Waals surface area contributed by atoms with Crippen molar-refractivity contribution < 1.29 is 37.9 Å². The van der Waals surface area contributed by atoms with E-state index in [4.69, 9.17) is 19.3 Å². The molecule has 0 aliphatic rings. The van der Waals surface area contributed by atoms with Crippen LogP contribution < -0.4 is 0 Å². The van der Waals surface area contributed by atoms with Crippen molar-refractivity contribution in [1.29, 1.82) is 0 Å². The molecule has 50 heavy (non-hydrogen) atoms. The Morgan fingerprint density at radius 2 is 0.920 bits per heavy atom. The van der Waals surface area contributed by atoms with Crippen LogP contribution in [-0.4, -0.2) is 41.0 Å². The smallest absolute Gasteiger partial charge is 0.462 e. The summed E-state index contributed by atoms with van der Waals surface area (Å²) in [6.07, 6.45) is 45.2.